The quantitative estimate of drug-likeness (QED) is 0.905. The molecule has 0 unspecified atom stereocenters. The Morgan fingerprint density at radius 2 is 2.09 bits per heavy atom. The van der Waals surface area contributed by atoms with Gasteiger partial charge in [-0.05, 0) is 19.1 Å². The van der Waals surface area contributed by atoms with Gasteiger partial charge in [0.25, 0.3) is 0 Å². The fourth-order valence-corrected chi connectivity index (χ4v) is 2.01. The van der Waals surface area contributed by atoms with Crippen molar-refractivity contribution in [2.75, 3.05) is 5.32 Å². The first-order chi connectivity index (χ1) is 10.3. The fraction of sp³-hybridized carbons (Fsp3) is 0.412. The summed E-state index contributed by atoms with van der Waals surface area (Å²) in [5.41, 5.74) is 1.26. The van der Waals surface area contributed by atoms with Crippen LogP contribution in [-0.4, -0.2) is 16.0 Å². The molecule has 1 amide bonds. The molecule has 5 heteroatoms. The van der Waals surface area contributed by atoms with Gasteiger partial charge in [-0.25, -0.2) is 4.98 Å². The molecule has 2 rings (SSSR count). The van der Waals surface area contributed by atoms with Gasteiger partial charge in [0.1, 0.15) is 11.5 Å². The van der Waals surface area contributed by atoms with Crippen LogP contribution in [0.15, 0.2) is 28.7 Å². The second-order valence-electron chi connectivity index (χ2n) is 6.38. The van der Waals surface area contributed by atoms with Gasteiger partial charge >= 0.3 is 0 Å². The molecule has 0 aliphatic heterocycles. The van der Waals surface area contributed by atoms with Crippen molar-refractivity contribution >= 4 is 11.6 Å². The first-order valence-electron chi connectivity index (χ1n) is 7.31. The number of hydrogen-bond acceptors (Lipinski definition) is 4. The molecule has 5 nitrogen and oxygen atoms in total. The molecule has 1 aromatic heterocycles. The predicted octanol–water partition coefficient (Wildman–Crippen LogP) is 3.56. The molecule has 2 aromatic rings. The topological polar surface area (TPSA) is 75.4 Å². The summed E-state index contributed by atoms with van der Waals surface area (Å²) in [6, 6.07) is 6.48. The number of aromatic hydroxyl groups is 1. The maximum Gasteiger partial charge on any atom is 0.224 e. The van der Waals surface area contributed by atoms with Gasteiger partial charge < -0.3 is 14.8 Å². The van der Waals surface area contributed by atoms with Crippen LogP contribution in [0, 0.1) is 6.92 Å². The van der Waals surface area contributed by atoms with E-state index in [0.717, 1.165) is 11.5 Å². The van der Waals surface area contributed by atoms with Crippen molar-refractivity contribution in [2.45, 2.75) is 46.0 Å². The largest absolute Gasteiger partial charge is 0.508 e. The summed E-state index contributed by atoms with van der Waals surface area (Å²) < 4.78 is 5.77. The van der Waals surface area contributed by atoms with E-state index in [1.807, 2.05) is 27.7 Å². The van der Waals surface area contributed by atoms with Crippen LogP contribution in [0.3, 0.4) is 0 Å². The lowest BCUT2D eigenvalue weighted by atomic mass is 9.97. The van der Waals surface area contributed by atoms with E-state index in [0.29, 0.717) is 24.4 Å². The van der Waals surface area contributed by atoms with Gasteiger partial charge in [0.2, 0.25) is 5.91 Å². The number of nitrogens with one attached hydrogen (secondary N) is 1. The lowest BCUT2D eigenvalue weighted by Gasteiger charge is -2.12. The average molecular weight is 302 g/mol. The number of hydrogen-bond donors (Lipinski definition) is 2. The number of rotatable bonds is 4. The molecule has 0 saturated carbocycles. The number of amides is 1. The number of nitrogens with zero attached hydrogens (tertiary/aromatic N) is 1. The van der Waals surface area contributed by atoms with E-state index in [-0.39, 0.29) is 17.1 Å². The minimum atomic E-state index is -0.146. The molecule has 0 aliphatic carbocycles. The summed E-state index contributed by atoms with van der Waals surface area (Å²) >= 11 is 0. The van der Waals surface area contributed by atoms with Gasteiger partial charge in [-0.2, -0.15) is 0 Å². The molecular weight excluding hydrogens is 280 g/mol. The van der Waals surface area contributed by atoms with Crippen LogP contribution in [-0.2, 0) is 16.6 Å². The third kappa shape index (κ3) is 4.10. The smallest absolute Gasteiger partial charge is 0.224 e. The number of phenols is 1. The van der Waals surface area contributed by atoms with Crippen molar-refractivity contribution in [1.82, 2.24) is 4.98 Å². The Hall–Kier alpha value is -2.30. The molecular formula is C17H22N2O3. The zero-order chi connectivity index (χ0) is 16.3. The average Bonchev–Trinajstić information content (AvgIpc) is 2.78. The zero-order valence-electron chi connectivity index (χ0n) is 13.4. The molecule has 1 aromatic carbocycles. The Labute approximate surface area is 130 Å². The molecule has 0 spiro atoms. The number of carbonyl (C=O) groups is 1. The Balaban J connectivity index is 1.95. The van der Waals surface area contributed by atoms with E-state index in [9.17, 15) is 9.90 Å². The van der Waals surface area contributed by atoms with Crippen molar-refractivity contribution in [3.05, 3.63) is 41.6 Å². The molecule has 1 heterocycles. The molecule has 0 fully saturated rings. The highest BCUT2D eigenvalue weighted by atomic mass is 16.4. The van der Waals surface area contributed by atoms with Crippen molar-refractivity contribution in [3.63, 3.8) is 0 Å². The fourth-order valence-electron chi connectivity index (χ4n) is 2.01. The number of oxazole rings is 1. The highest BCUT2D eigenvalue weighted by Crippen LogP contribution is 2.24. The standard InChI is InChI=1S/C17H22N2O3/c1-11-14(22-16(18-11)17(2,3)4)8-9-15(21)19-12-6-5-7-13(20)10-12/h5-7,10,20H,8-9H2,1-4H3,(H,19,21). The SMILES string of the molecule is Cc1nc(C(C)(C)C)oc1CCC(=O)Nc1cccc(O)c1. The lowest BCUT2D eigenvalue weighted by molar-refractivity contribution is -0.116. The Morgan fingerprint density at radius 1 is 1.36 bits per heavy atom. The number of carbonyl (C=O) groups excluding carboxylic acids is 1. The lowest BCUT2D eigenvalue weighted by Crippen LogP contribution is -2.12. The van der Waals surface area contributed by atoms with Gasteiger partial charge in [-0.3, -0.25) is 4.79 Å². The van der Waals surface area contributed by atoms with Crippen molar-refractivity contribution in [3.8, 4) is 5.75 Å². The summed E-state index contributed by atoms with van der Waals surface area (Å²) in [6.45, 7) is 8.01. The molecule has 22 heavy (non-hydrogen) atoms. The molecule has 118 valence electrons. The molecule has 0 atom stereocenters. The Bertz CT molecular complexity index is 669. The van der Waals surface area contributed by atoms with Crippen molar-refractivity contribution in [2.24, 2.45) is 0 Å². The summed E-state index contributed by atoms with van der Waals surface area (Å²) in [4.78, 5) is 16.4. The number of anilines is 1. The summed E-state index contributed by atoms with van der Waals surface area (Å²) in [7, 11) is 0. The second-order valence-corrected chi connectivity index (χ2v) is 6.38. The van der Waals surface area contributed by atoms with Crippen molar-refractivity contribution in [1.29, 1.82) is 0 Å². The maximum absolute atomic E-state index is 12.0. The predicted molar refractivity (Wildman–Crippen MR) is 85.0 cm³/mol. The Kier molecular flexibility index (Phi) is 4.54. The summed E-state index contributed by atoms with van der Waals surface area (Å²) in [5, 5.41) is 12.1. The van der Waals surface area contributed by atoms with Crippen LogP contribution >= 0.6 is 0 Å². The Morgan fingerprint density at radius 3 is 2.68 bits per heavy atom. The van der Waals surface area contributed by atoms with E-state index in [2.05, 4.69) is 10.3 Å². The van der Waals surface area contributed by atoms with E-state index in [1.54, 1.807) is 18.2 Å². The van der Waals surface area contributed by atoms with Gasteiger partial charge in [0.05, 0.1) is 5.69 Å². The van der Waals surface area contributed by atoms with E-state index in [1.165, 1.54) is 6.07 Å². The van der Waals surface area contributed by atoms with E-state index >= 15 is 0 Å². The third-order valence-electron chi connectivity index (χ3n) is 3.24. The van der Waals surface area contributed by atoms with Gasteiger partial charge in [-0.15, -0.1) is 0 Å². The van der Waals surface area contributed by atoms with E-state index < -0.39 is 0 Å². The van der Waals surface area contributed by atoms with Gasteiger partial charge in [-0.1, -0.05) is 26.8 Å². The highest BCUT2D eigenvalue weighted by Gasteiger charge is 2.22. The first kappa shape index (κ1) is 16.1. The molecule has 0 aliphatic rings. The maximum atomic E-state index is 12.0. The van der Waals surface area contributed by atoms with Gasteiger partial charge in [0.15, 0.2) is 5.89 Å². The number of aromatic nitrogens is 1. The zero-order valence-corrected chi connectivity index (χ0v) is 13.4. The normalized spacial score (nSPS) is 11.5. The van der Waals surface area contributed by atoms with Crippen LogP contribution < -0.4 is 5.32 Å². The number of aryl methyl sites for hydroxylation is 2. The minimum absolute atomic E-state index is 0.124. The van der Waals surface area contributed by atoms with Gasteiger partial charge in [0, 0.05) is 30.0 Å². The van der Waals surface area contributed by atoms with Crippen molar-refractivity contribution < 1.29 is 14.3 Å². The first-order valence-corrected chi connectivity index (χ1v) is 7.31. The van der Waals surface area contributed by atoms with Crippen LogP contribution in [0.5, 0.6) is 5.75 Å². The minimum Gasteiger partial charge on any atom is -0.508 e. The summed E-state index contributed by atoms with van der Waals surface area (Å²) in [5.74, 6) is 1.43. The van der Waals surface area contributed by atoms with Crippen LogP contribution in [0.2, 0.25) is 0 Å². The van der Waals surface area contributed by atoms with Crippen LogP contribution in [0.4, 0.5) is 5.69 Å². The molecule has 0 saturated heterocycles. The highest BCUT2D eigenvalue weighted by molar-refractivity contribution is 5.90. The molecule has 0 radical (unpaired) electrons. The van der Waals surface area contributed by atoms with Crippen LogP contribution in [0.1, 0.15) is 44.5 Å². The molecule has 2 N–H and O–H groups in total. The summed E-state index contributed by atoms with van der Waals surface area (Å²) in [6.07, 6.45) is 0.800. The number of phenolic OH excluding ortho intramolecular Hbond substituents is 1. The van der Waals surface area contributed by atoms with E-state index in [4.69, 9.17) is 4.42 Å². The molecule has 0 bridgehead atoms. The van der Waals surface area contributed by atoms with Crippen LogP contribution in [0.25, 0.3) is 0 Å². The number of benzene rings is 1. The monoisotopic (exact) mass is 302 g/mol. The third-order valence-corrected chi connectivity index (χ3v) is 3.24. The second kappa shape index (κ2) is 6.22.